The van der Waals surface area contributed by atoms with Gasteiger partial charge in [-0.3, -0.25) is 4.79 Å². The van der Waals surface area contributed by atoms with Crippen LogP contribution in [0, 0.1) is 5.41 Å². The van der Waals surface area contributed by atoms with Crippen molar-refractivity contribution in [3.8, 4) is 0 Å². The highest BCUT2D eigenvalue weighted by Crippen LogP contribution is 2.35. The van der Waals surface area contributed by atoms with Crippen LogP contribution in [-0.2, 0) is 0 Å². The molecule has 2 N–H and O–H groups in total. The first-order chi connectivity index (χ1) is 9.50. The van der Waals surface area contributed by atoms with E-state index >= 15 is 0 Å². The van der Waals surface area contributed by atoms with Crippen LogP contribution in [-0.4, -0.2) is 23.5 Å². The van der Waals surface area contributed by atoms with Crippen LogP contribution in [0.3, 0.4) is 0 Å². The number of pyridine rings is 1. The molecule has 0 unspecified atom stereocenters. The molecule has 0 saturated heterocycles. The first-order valence-electron chi connectivity index (χ1n) is 7.51. The van der Waals surface area contributed by atoms with E-state index < -0.39 is 0 Å². The Kier molecular flexibility index (Phi) is 4.63. The molecule has 0 aromatic carbocycles. The lowest BCUT2D eigenvalue weighted by atomic mass is 9.75. The molecular weight excluding hydrogens is 250 g/mol. The lowest BCUT2D eigenvalue weighted by Crippen LogP contribution is -2.39. The van der Waals surface area contributed by atoms with Crippen LogP contribution in [0.5, 0.6) is 0 Å². The summed E-state index contributed by atoms with van der Waals surface area (Å²) >= 11 is 0. The number of carbonyl (C=O) groups is 1. The fraction of sp³-hybridized carbons (Fsp3) is 0.625. The van der Waals surface area contributed by atoms with Crippen molar-refractivity contribution in [2.45, 2.75) is 52.5 Å². The summed E-state index contributed by atoms with van der Waals surface area (Å²) in [5.74, 6) is 0.765. The summed E-state index contributed by atoms with van der Waals surface area (Å²) in [6.45, 7) is 7.42. The zero-order valence-electron chi connectivity index (χ0n) is 12.7. The van der Waals surface area contributed by atoms with Gasteiger partial charge in [-0.2, -0.15) is 0 Å². The van der Waals surface area contributed by atoms with Gasteiger partial charge in [0.2, 0.25) is 0 Å². The van der Waals surface area contributed by atoms with E-state index in [9.17, 15) is 4.79 Å². The van der Waals surface area contributed by atoms with Crippen LogP contribution in [0.15, 0.2) is 18.3 Å². The molecule has 2 rings (SSSR count). The zero-order valence-corrected chi connectivity index (χ0v) is 12.7. The quantitative estimate of drug-likeness (QED) is 0.887. The predicted octanol–water partition coefficient (Wildman–Crippen LogP) is 3.21. The Labute approximate surface area is 121 Å². The highest BCUT2D eigenvalue weighted by atomic mass is 16.1. The Morgan fingerprint density at radius 2 is 2.10 bits per heavy atom. The Hall–Kier alpha value is -1.58. The average molecular weight is 275 g/mol. The SMILES string of the molecule is CCNc1cc(C(=O)NC2CCC(C)(C)CC2)ccn1. The van der Waals surface area contributed by atoms with Crippen LogP contribution in [0.4, 0.5) is 5.82 Å². The Morgan fingerprint density at radius 1 is 1.40 bits per heavy atom. The van der Waals surface area contributed by atoms with E-state index in [1.54, 1.807) is 12.3 Å². The largest absolute Gasteiger partial charge is 0.370 e. The van der Waals surface area contributed by atoms with E-state index in [1.165, 1.54) is 12.8 Å². The second-order valence-electron chi connectivity index (χ2n) is 6.37. The molecule has 1 aliphatic rings. The molecule has 4 heteroatoms. The predicted molar refractivity (Wildman–Crippen MR) is 81.9 cm³/mol. The lowest BCUT2D eigenvalue weighted by Gasteiger charge is -2.34. The average Bonchev–Trinajstić information content (AvgIpc) is 2.42. The topological polar surface area (TPSA) is 54.0 Å². The van der Waals surface area contributed by atoms with Crippen molar-refractivity contribution in [2.24, 2.45) is 5.41 Å². The fourth-order valence-corrected chi connectivity index (χ4v) is 2.66. The van der Waals surface area contributed by atoms with Gasteiger partial charge in [0.15, 0.2) is 0 Å². The molecule has 0 aliphatic heterocycles. The Bertz CT molecular complexity index is 461. The minimum absolute atomic E-state index is 0.0104. The van der Waals surface area contributed by atoms with Gasteiger partial charge in [-0.05, 0) is 50.2 Å². The summed E-state index contributed by atoms with van der Waals surface area (Å²) in [5.41, 5.74) is 1.11. The van der Waals surface area contributed by atoms with E-state index in [4.69, 9.17) is 0 Å². The monoisotopic (exact) mass is 275 g/mol. The molecule has 0 radical (unpaired) electrons. The standard InChI is InChI=1S/C16H25N3O/c1-4-17-14-11-12(7-10-18-14)15(20)19-13-5-8-16(2,3)9-6-13/h7,10-11,13H,4-6,8-9H2,1-3H3,(H,17,18)(H,19,20). The third-order valence-corrected chi connectivity index (χ3v) is 4.05. The van der Waals surface area contributed by atoms with E-state index in [0.717, 1.165) is 25.2 Å². The second-order valence-corrected chi connectivity index (χ2v) is 6.37. The molecule has 0 atom stereocenters. The van der Waals surface area contributed by atoms with Gasteiger partial charge in [0.05, 0.1) is 0 Å². The molecular formula is C16H25N3O. The zero-order chi connectivity index (χ0) is 14.6. The van der Waals surface area contributed by atoms with Crippen molar-refractivity contribution in [1.82, 2.24) is 10.3 Å². The Balaban J connectivity index is 1.93. The van der Waals surface area contributed by atoms with Crippen molar-refractivity contribution in [3.63, 3.8) is 0 Å². The summed E-state index contributed by atoms with van der Waals surface area (Å²) in [7, 11) is 0. The van der Waals surface area contributed by atoms with Crippen molar-refractivity contribution in [3.05, 3.63) is 23.9 Å². The van der Waals surface area contributed by atoms with Crippen LogP contribution in [0.2, 0.25) is 0 Å². The maximum Gasteiger partial charge on any atom is 0.251 e. The van der Waals surface area contributed by atoms with Crippen LogP contribution >= 0.6 is 0 Å². The number of amides is 1. The molecule has 1 amide bonds. The van der Waals surface area contributed by atoms with Crippen molar-refractivity contribution < 1.29 is 4.79 Å². The molecule has 0 bridgehead atoms. The lowest BCUT2D eigenvalue weighted by molar-refractivity contribution is 0.0909. The first kappa shape index (κ1) is 14.8. The minimum atomic E-state index is 0.0104. The molecule has 20 heavy (non-hydrogen) atoms. The van der Waals surface area contributed by atoms with Crippen LogP contribution < -0.4 is 10.6 Å². The van der Waals surface area contributed by atoms with Crippen molar-refractivity contribution >= 4 is 11.7 Å². The second kappa shape index (κ2) is 6.25. The Morgan fingerprint density at radius 3 is 2.75 bits per heavy atom. The minimum Gasteiger partial charge on any atom is -0.370 e. The number of carbonyl (C=O) groups excluding carboxylic acids is 1. The molecule has 1 saturated carbocycles. The van der Waals surface area contributed by atoms with E-state index in [-0.39, 0.29) is 5.91 Å². The normalized spacial score (nSPS) is 18.6. The van der Waals surface area contributed by atoms with E-state index in [1.807, 2.05) is 13.0 Å². The number of anilines is 1. The number of rotatable bonds is 4. The molecule has 110 valence electrons. The van der Waals surface area contributed by atoms with Gasteiger partial charge >= 0.3 is 0 Å². The maximum absolute atomic E-state index is 12.3. The molecule has 1 heterocycles. The van der Waals surface area contributed by atoms with Gasteiger partial charge in [-0.25, -0.2) is 4.98 Å². The highest BCUT2D eigenvalue weighted by molar-refractivity contribution is 5.95. The van der Waals surface area contributed by atoms with Crippen LogP contribution in [0.25, 0.3) is 0 Å². The third-order valence-electron chi connectivity index (χ3n) is 4.05. The summed E-state index contributed by atoms with van der Waals surface area (Å²) < 4.78 is 0. The number of nitrogens with one attached hydrogen (secondary N) is 2. The van der Waals surface area contributed by atoms with Gasteiger partial charge in [0.1, 0.15) is 5.82 Å². The summed E-state index contributed by atoms with van der Waals surface area (Å²) in [6.07, 6.45) is 6.18. The maximum atomic E-state index is 12.3. The van der Waals surface area contributed by atoms with Crippen molar-refractivity contribution in [1.29, 1.82) is 0 Å². The van der Waals surface area contributed by atoms with Gasteiger partial charge in [-0.1, -0.05) is 13.8 Å². The third kappa shape index (κ3) is 3.95. The number of hydrogen-bond donors (Lipinski definition) is 2. The smallest absolute Gasteiger partial charge is 0.251 e. The molecule has 0 spiro atoms. The summed E-state index contributed by atoms with van der Waals surface area (Å²) in [6, 6.07) is 3.89. The van der Waals surface area contributed by atoms with Crippen LogP contribution in [0.1, 0.15) is 56.8 Å². The molecule has 4 nitrogen and oxygen atoms in total. The molecule has 1 aliphatic carbocycles. The van der Waals surface area contributed by atoms with Gasteiger partial charge in [0, 0.05) is 24.3 Å². The summed E-state index contributed by atoms with van der Waals surface area (Å²) in [4.78, 5) is 16.5. The van der Waals surface area contributed by atoms with E-state index in [2.05, 4.69) is 29.5 Å². The number of aromatic nitrogens is 1. The molecule has 1 aromatic heterocycles. The van der Waals surface area contributed by atoms with E-state index in [0.29, 0.717) is 17.0 Å². The number of hydrogen-bond acceptors (Lipinski definition) is 3. The highest BCUT2D eigenvalue weighted by Gasteiger charge is 2.27. The fourth-order valence-electron chi connectivity index (χ4n) is 2.66. The van der Waals surface area contributed by atoms with Gasteiger partial charge < -0.3 is 10.6 Å². The molecule has 1 aromatic rings. The van der Waals surface area contributed by atoms with Gasteiger partial charge in [-0.15, -0.1) is 0 Å². The van der Waals surface area contributed by atoms with Gasteiger partial charge in [0.25, 0.3) is 5.91 Å². The first-order valence-corrected chi connectivity index (χ1v) is 7.51. The number of nitrogens with zero attached hydrogens (tertiary/aromatic N) is 1. The summed E-state index contributed by atoms with van der Waals surface area (Å²) in [5, 5.41) is 6.27. The molecule has 1 fully saturated rings. The van der Waals surface area contributed by atoms with Crippen molar-refractivity contribution in [2.75, 3.05) is 11.9 Å².